The summed E-state index contributed by atoms with van der Waals surface area (Å²) < 4.78 is 7.06. The lowest BCUT2D eigenvalue weighted by Gasteiger charge is -2.08. The highest BCUT2D eigenvalue weighted by molar-refractivity contribution is 6.32. The molecule has 0 saturated carbocycles. The van der Waals surface area contributed by atoms with E-state index >= 15 is 0 Å². The molecule has 4 nitrogen and oxygen atoms in total. The lowest BCUT2D eigenvalue weighted by atomic mass is 10.1. The van der Waals surface area contributed by atoms with Gasteiger partial charge in [0.1, 0.15) is 5.75 Å². The molecule has 17 heavy (non-hydrogen) atoms. The second-order valence-corrected chi connectivity index (χ2v) is 4.11. The third kappa shape index (κ3) is 2.14. The van der Waals surface area contributed by atoms with Gasteiger partial charge in [0, 0.05) is 19.2 Å². The molecule has 0 aliphatic heterocycles. The van der Waals surface area contributed by atoms with Gasteiger partial charge in [-0.15, -0.1) is 0 Å². The van der Waals surface area contributed by atoms with Gasteiger partial charge >= 0.3 is 0 Å². The molecule has 2 N–H and O–H groups in total. The van der Waals surface area contributed by atoms with Gasteiger partial charge in [-0.3, -0.25) is 0 Å². The van der Waals surface area contributed by atoms with E-state index in [2.05, 4.69) is 4.98 Å². The number of benzene rings is 1. The molecule has 2 rings (SSSR count). The Hall–Kier alpha value is -1.52. The van der Waals surface area contributed by atoms with Crippen LogP contribution in [0.2, 0.25) is 5.02 Å². The van der Waals surface area contributed by atoms with Gasteiger partial charge in [-0.1, -0.05) is 11.6 Å². The summed E-state index contributed by atoms with van der Waals surface area (Å²) in [6, 6.07) is 5.64. The van der Waals surface area contributed by atoms with Gasteiger partial charge in [-0.2, -0.15) is 0 Å². The van der Waals surface area contributed by atoms with Gasteiger partial charge < -0.3 is 15.0 Å². The van der Waals surface area contributed by atoms with E-state index in [1.54, 1.807) is 13.4 Å². The average molecular weight is 252 g/mol. The maximum absolute atomic E-state index is 6.11. The Kier molecular flexibility index (Phi) is 3.36. The predicted octanol–water partition coefficient (Wildman–Crippen LogP) is 2.21. The molecular weight excluding hydrogens is 238 g/mol. The molecule has 0 radical (unpaired) electrons. The summed E-state index contributed by atoms with van der Waals surface area (Å²) in [4.78, 5) is 4.25. The number of aryl methyl sites for hydroxylation is 1. The van der Waals surface area contributed by atoms with Crippen molar-refractivity contribution in [3.05, 3.63) is 35.2 Å². The standard InChI is InChI=1S/C12H14ClN3O/c1-16-7-15-10(6-14)12(16)8-3-4-11(17-2)9(13)5-8/h3-5,7H,6,14H2,1-2H3. The van der Waals surface area contributed by atoms with Crippen molar-refractivity contribution >= 4 is 11.6 Å². The molecule has 0 aliphatic carbocycles. The molecule has 90 valence electrons. The third-order valence-electron chi connectivity index (χ3n) is 2.63. The number of ether oxygens (including phenoxy) is 1. The Balaban J connectivity index is 2.53. The van der Waals surface area contributed by atoms with Gasteiger partial charge in [0.25, 0.3) is 0 Å². The van der Waals surface area contributed by atoms with Crippen LogP contribution in [0, 0.1) is 0 Å². The van der Waals surface area contributed by atoms with Crippen molar-refractivity contribution in [2.24, 2.45) is 12.8 Å². The van der Waals surface area contributed by atoms with Crippen LogP contribution in [0.4, 0.5) is 0 Å². The van der Waals surface area contributed by atoms with Crippen molar-refractivity contribution in [3.8, 4) is 17.0 Å². The number of nitrogens with zero attached hydrogens (tertiary/aromatic N) is 2. The highest BCUT2D eigenvalue weighted by atomic mass is 35.5. The van der Waals surface area contributed by atoms with Gasteiger partial charge in [-0.05, 0) is 18.2 Å². The zero-order valence-electron chi connectivity index (χ0n) is 9.77. The molecule has 1 aromatic carbocycles. The second-order valence-electron chi connectivity index (χ2n) is 3.70. The minimum atomic E-state index is 0.403. The summed E-state index contributed by atoms with van der Waals surface area (Å²) in [7, 11) is 3.52. The van der Waals surface area contributed by atoms with E-state index in [0.29, 0.717) is 17.3 Å². The molecule has 0 saturated heterocycles. The molecule has 0 unspecified atom stereocenters. The van der Waals surface area contributed by atoms with Gasteiger partial charge in [0.15, 0.2) is 0 Å². The Morgan fingerprint density at radius 1 is 1.47 bits per heavy atom. The van der Waals surface area contributed by atoms with Crippen molar-refractivity contribution in [2.75, 3.05) is 7.11 Å². The number of methoxy groups -OCH3 is 1. The van der Waals surface area contributed by atoms with Crippen LogP contribution in [0.5, 0.6) is 5.75 Å². The average Bonchev–Trinajstić information content (AvgIpc) is 2.70. The number of rotatable bonds is 3. The fourth-order valence-electron chi connectivity index (χ4n) is 1.81. The zero-order chi connectivity index (χ0) is 12.4. The van der Waals surface area contributed by atoms with Gasteiger partial charge in [-0.25, -0.2) is 4.98 Å². The van der Waals surface area contributed by atoms with Crippen LogP contribution in [-0.2, 0) is 13.6 Å². The number of imidazole rings is 1. The molecule has 0 amide bonds. The largest absolute Gasteiger partial charge is 0.495 e. The summed E-state index contributed by atoms with van der Waals surface area (Å²) in [5, 5.41) is 0.578. The van der Waals surface area contributed by atoms with Crippen LogP contribution in [0.3, 0.4) is 0 Å². The van der Waals surface area contributed by atoms with Crippen LogP contribution in [0.25, 0.3) is 11.3 Å². The lowest BCUT2D eigenvalue weighted by Crippen LogP contribution is -2.00. The smallest absolute Gasteiger partial charge is 0.137 e. The molecule has 0 fully saturated rings. The van der Waals surface area contributed by atoms with Crippen LogP contribution in [-0.4, -0.2) is 16.7 Å². The molecule has 0 atom stereocenters. The fraction of sp³-hybridized carbons (Fsp3) is 0.250. The van der Waals surface area contributed by atoms with Crippen LogP contribution in [0.15, 0.2) is 24.5 Å². The molecule has 2 aromatic rings. The SMILES string of the molecule is COc1ccc(-c2c(CN)ncn2C)cc1Cl. The first-order valence-electron chi connectivity index (χ1n) is 5.21. The van der Waals surface area contributed by atoms with E-state index in [0.717, 1.165) is 17.0 Å². The number of halogens is 1. The summed E-state index contributed by atoms with van der Waals surface area (Å²) in [5.74, 6) is 0.659. The number of nitrogens with two attached hydrogens (primary N) is 1. The van der Waals surface area contributed by atoms with Crippen molar-refractivity contribution in [3.63, 3.8) is 0 Å². The van der Waals surface area contributed by atoms with E-state index in [1.807, 2.05) is 29.8 Å². The van der Waals surface area contributed by atoms with Gasteiger partial charge in [0.2, 0.25) is 0 Å². The van der Waals surface area contributed by atoms with Crippen LogP contribution in [0.1, 0.15) is 5.69 Å². The number of hydrogen-bond donors (Lipinski definition) is 1. The van der Waals surface area contributed by atoms with Crippen molar-refractivity contribution in [2.45, 2.75) is 6.54 Å². The molecule has 1 heterocycles. The van der Waals surface area contributed by atoms with Crippen molar-refractivity contribution < 1.29 is 4.74 Å². The fourth-order valence-corrected chi connectivity index (χ4v) is 2.07. The first kappa shape index (κ1) is 12.0. The monoisotopic (exact) mass is 251 g/mol. The summed E-state index contributed by atoms with van der Waals surface area (Å²) in [6.45, 7) is 0.403. The molecule has 0 spiro atoms. The topological polar surface area (TPSA) is 53.1 Å². The molecule has 0 bridgehead atoms. The summed E-state index contributed by atoms with van der Waals surface area (Å²) >= 11 is 6.11. The second kappa shape index (κ2) is 4.77. The van der Waals surface area contributed by atoms with Crippen molar-refractivity contribution in [1.29, 1.82) is 0 Å². The van der Waals surface area contributed by atoms with Crippen molar-refractivity contribution in [1.82, 2.24) is 9.55 Å². The number of hydrogen-bond acceptors (Lipinski definition) is 3. The van der Waals surface area contributed by atoms with Crippen LogP contribution < -0.4 is 10.5 Å². The number of aromatic nitrogens is 2. The lowest BCUT2D eigenvalue weighted by molar-refractivity contribution is 0.415. The van der Waals surface area contributed by atoms with E-state index < -0.39 is 0 Å². The Bertz CT molecular complexity index is 537. The molecule has 5 heteroatoms. The quantitative estimate of drug-likeness (QED) is 0.910. The van der Waals surface area contributed by atoms with Crippen LogP contribution >= 0.6 is 11.6 Å². The minimum absolute atomic E-state index is 0.403. The Morgan fingerprint density at radius 3 is 2.82 bits per heavy atom. The first-order chi connectivity index (χ1) is 8.17. The van der Waals surface area contributed by atoms with E-state index in [-0.39, 0.29) is 0 Å². The van der Waals surface area contributed by atoms with E-state index in [9.17, 15) is 0 Å². The Labute approximate surface area is 105 Å². The molecular formula is C12H14ClN3O. The summed E-state index contributed by atoms with van der Waals surface area (Å²) in [6.07, 6.45) is 1.75. The third-order valence-corrected chi connectivity index (χ3v) is 2.93. The normalized spacial score (nSPS) is 10.6. The maximum Gasteiger partial charge on any atom is 0.137 e. The predicted molar refractivity (Wildman–Crippen MR) is 68.1 cm³/mol. The minimum Gasteiger partial charge on any atom is -0.495 e. The summed E-state index contributed by atoms with van der Waals surface area (Å²) in [5.41, 5.74) is 8.48. The highest BCUT2D eigenvalue weighted by Gasteiger charge is 2.11. The first-order valence-corrected chi connectivity index (χ1v) is 5.59. The maximum atomic E-state index is 6.11. The zero-order valence-corrected chi connectivity index (χ0v) is 10.5. The molecule has 0 aliphatic rings. The highest BCUT2D eigenvalue weighted by Crippen LogP contribution is 2.31. The van der Waals surface area contributed by atoms with E-state index in [4.69, 9.17) is 22.1 Å². The molecule has 1 aromatic heterocycles. The van der Waals surface area contributed by atoms with Gasteiger partial charge in [0.05, 0.1) is 29.8 Å². The van der Waals surface area contributed by atoms with E-state index in [1.165, 1.54) is 0 Å². The Morgan fingerprint density at radius 2 is 2.24 bits per heavy atom.